The average Bonchev–Trinajstić information content (AvgIpc) is 2.29. The lowest BCUT2D eigenvalue weighted by molar-refractivity contribution is -0.138. The van der Waals surface area contributed by atoms with Gasteiger partial charge in [0.1, 0.15) is 0 Å². The fourth-order valence-electron chi connectivity index (χ4n) is 1.77. The zero-order chi connectivity index (χ0) is 10.9. The van der Waals surface area contributed by atoms with E-state index < -0.39 is 0 Å². The van der Waals surface area contributed by atoms with Crippen molar-refractivity contribution < 1.29 is 14.3 Å². The summed E-state index contributed by atoms with van der Waals surface area (Å²) in [4.78, 5) is 10.7. The molecule has 1 fully saturated rings. The van der Waals surface area contributed by atoms with Gasteiger partial charge in [0.05, 0.1) is 19.3 Å². The van der Waals surface area contributed by atoms with Crippen molar-refractivity contribution in [1.29, 1.82) is 0 Å². The highest BCUT2D eigenvalue weighted by molar-refractivity contribution is 5.81. The first kappa shape index (κ1) is 12.2. The fraction of sp³-hybridized carbons (Fsp3) is 0.750. The lowest BCUT2D eigenvalue weighted by atomic mass is 9.98. The number of carbonyl (C=O) groups excluding carboxylic acids is 1. The molecule has 0 saturated heterocycles. The molecule has 3 nitrogen and oxygen atoms in total. The maximum Gasteiger partial charge on any atom is 0.330 e. The predicted molar refractivity (Wildman–Crippen MR) is 58.6 cm³/mol. The zero-order valence-corrected chi connectivity index (χ0v) is 9.24. The Morgan fingerprint density at radius 1 is 1.27 bits per heavy atom. The minimum Gasteiger partial charge on any atom is -0.462 e. The van der Waals surface area contributed by atoms with Crippen LogP contribution < -0.4 is 0 Å². The molecular formula is C12H20O3. The summed E-state index contributed by atoms with van der Waals surface area (Å²) in [6.07, 6.45) is 8.69. The maximum atomic E-state index is 10.7. The summed E-state index contributed by atoms with van der Waals surface area (Å²) in [5.41, 5.74) is 0. The molecular weight excluding hydrogens is 192 g/mol. The van der Waals surface area contributed by atoms with Crippen molar-refractivity contribution in [3.8, 4) is 0 Å². The van der Waals surface area contributed by atoms with Gasteiger partial charge in [-0.05, 0) is 12.8 Å². The molecule has 15 heavy (non-hydrogen) atoms. The van der Waals surface area contributed by atoms with Crippen molar-refractivity contribution in [2.45, 2.75) is 44.6 Å². The van der Waals surface area contributed by atoms with Gasteiger partial charge in [-0.2, -0.15) is 0 Å². The van der Waals surface area contributed by atoms with E-state index in [1.165, 1.54) is 38.2 Å². The molecule has 0 atom stereocenters. The van der Waals surface area contributed by atoms with E-state index >= 15 is 0 Å². The number of hydrogen-bond acceptors (Lipinski definition) is 3. The summed E-state index contributed by atoms with van der Waals surface area (Å²) in [7, 11) is 0. The van der Waals surface area contributed by atoms with Crippen molar-refractivity contribution in [1.82, 2.24) is 0 Å². The van der Waals surface area contributed by atoms with E-state index in [1.807, 2.05) is 0 Å². The Kier molecular flexibility index (Phi) is 6.09. The third-order valence-corrected chi connectivity index (χ3v) is 2.61. The zero-order valence-electron chi connectivity index (χ0n) is 9.24. The van der Waals surface area contributed by atoms with Crippen LogP contribution in [0.3, 0.4) is 0 Å². The van der Waals surface area contributed by atoms with Crippen LogP contribution in [-0.2, 0) is 14.3 Å². The van der Waals surface area contributed by atoms with Gasteiger partial charge in [0.2, 0.25) is 0 Å². The van der Waals surface area contributed by atoms with Crippen molar-refractivity contribution in [2.24, 2.45) is 0 Å². The Morgan fingerprint density at radius 2 is 2.00 bits per heavy atom. The molecule has 0 heterocycles. The van der Waals surface area contributed by atoms with Gasteiger partial charge in [-0.3, -0.25) is 0 Å². The fourth-order valence-corrected chi connectivity index (χ4v) is 1.77. The summed E-state index contributed by atoms with van der Waals surface area (Å²) >= 11 is 0. The van der Waals surface area contributed by atoms with E-state index in [0.717, 1.165) is 6.42 Å². The van der Waals surface area contributed by atoms with E-state index in [-0.39, 0.29) is 5.97 Å². The Labute approximate surface area is 91.4 Å². The second-order valence-corrected chi connectivity index (χ2v) is 3.86. The van der Waals surface area contributed by atoms with Crippen LogP contribution in [0.1, 0.15) is 38.5 Å². The highest BCUT2D eigenvalue weighted by Gasteiger charge is 2.12. The monoisotopic (exact) mass is 212 g/mol. The molecule has 1 saturated carbocycles. The molecule has 86 valence electrons. The number of carbonyl (C=O) groups is 1. The van der Waals surface area contributed by atoms with Gasteiger partial charge < -0.3 is 9.47 Å². The van der Waals surface area contributed by atoms with Crippen molar-refractivity contribution in [3.63, 3.8) is 0 Å². The van der Waals surface area contributed by atoms with Crippen LogP contribution in [0.2, 0.25) is 0 Å². The molecule has 3 heteroatoms. The van der Waals surface area contributed by atoms with Crippen LogP contribution in [0.4, 0.5) is 0 Å². The molecule has 0 bridgehead atoms. The quantitative estimate of drug-likeness (QED) is 0.385. The van der Waals surface area contributed by atoms with Gasteiger partial charge in [0, 0.05) is 12.5 Å². The topological polar surface area (TPSA) is 35.5 Å². The molecule has 0 aromatic rings. The molecule has 0 N–H and O–H groups in total. The average molecular weight is 212 g/mol. The number of hydrogen-bond donors (Lipinski definition) is 0. The Hall–Kier alpha value is -0.830. The summed E-state index contributed by atoms with van der Waals surface area (Å²) < 4.78 is 10.5. The van der Waals surface area contributed by atoms with Crippen molar-refractivity contribution in [2.75, 3.05) is 13.2 Å². The summed E-state index contributed by atoms with van der Waals surface area (Å²) in [5.74, 6) is -0.354. The Morgan fingerprint density at radius 3 is 2.67 bits per heavy atom. The molecule has 0 amide bonds. The van der Waals surface area contributed by atoms with Gasteiger partial charge in [-0.25, -0.2) is 4.79 Å². The highest BCUT2D eigenvalue weighted by Crippen LogP contribution is 2.20. The Bertz CT molecular complexity index is 195. The van der Waals surface area contributed by atoms with Gasteiger partial charge in [-0.15, -0.1) is 0 Å². The lowest BCUT2D eigenvalue weighted by Gasteiger charge is -2.21. The van der Waals surface area contributed by atoms with Gasteiger partial charge in [0.15, 0.2) is 0 Å². The SMILES string of the molecule is C=CC(=O)OCCCOC1CCCCC1. The molecule has 0 unspecified atom stereocenters. The molecule has 0 aromatic carbocycles. The number of ether oxygens (including phenoxy) is 2. The second kappa shape index (κ2) is 7.46. The second-order valence-electron chi connectivity index (χ2n) is 3.86. The molecule has 1 rings (SSSR count). The van der Waals surface area contributed by atoms with Crippen LogP contribution in [0.5, 0.6) is 0 Å². The predicted octanol–water partition coefficient (Wildman–Crippen LogP) is 2.46. The minimum absolute atomic E-state index is 0.354. The molecule has 0 aromatic heterocycles. The first-order chi connectivity index (χ1) is 7.33. The summed E-state index contributed by atoms with van der Waals surface area (Å²) in [6.45, 7) is 4.44. The first-order valence-corrected chi connectivity index (χ1v) is 5.73. The largest absolute Gasteiger partial charge is 0.462 e. The van der Waals surface area contributed by atoms with Gasteiger partial charge in [-0.1, -0.05) is 25.8 Å². The summed E-state index contributed by atoms with van der Waals surface area (Å²) in [6, 6.07) is 0. The number of esters is 1. The maximum absolute atomic E-state index is 10.7. The first-order valence-electron chi connectivity index (χ1n) is 5.73. The van der Waals surface area contributed by atoms with Crippen LogP contribution in [0.15, 0.2) is 12.7 Å². The van der Waals surface area contributed by atoms with E-state index in [1.54, 1.807) is 0 Å². The minimum atomic E-state index is -0.354. The normalized spacial score (nSPS) is 17.3. The van der Waals surface area contributed by atoms with Crippen LogP contribution in [0, 0.1) is 0 Å². The molecule has 1 aliphatic carbocycles. The molecule has 1 aliphatic rings. The molecule has 0 radical (unpaired) electrons. The third kappa shape index (κ3) is 5.57. The molecule has 0 spiro atoms. The van der Waals surface area contributed by atoms with E-state index in [4.69, 9.17) is 9.47 Å². The summed E-state index contributed by atoms with van der Waals surface area (Å²) in [5, 5.41) is 0. The smallest absolute Gasteiger partial charge is 0.330 e. The lowest BCUT2D eigenvalue weighted by Crippen LogP contribution is -2.18. The third-order valence-electron chi connectivity index (χ3n) is 2.61. The van der Waals surface area contributed by atoms with Crippen LogP contribution in [-0.4, -0.2) is 25.3 Å². The standard InChI is InChI=1S/C12H20O3/c1-2-12(13)15-10-6-9-14-11-7-4-3-5-8-11/h2,11H,1,3-10H2. The van der Waals surface area contributed by atoms with Crippen LogP contribution in [0.25, 0.3) is 0 Å². The van der Waals surface area contributed by atoms with Crippen LogP contribution >= 0.6 is 0 Å². The van der Waals surface area contributed by atoms with E-state index in [0.29, 0.717) is 19.3 Å². The van der Waals surface area contributed by atoms with E-state index in [9.17, 15) is 4.79 Å². The molecule has 0 aliphatic heterocycles. The van der Waals surface area contributed by atoms with Crippen molar-refractivity contribution in [3.05, 3.63) is 12.7 Å². The Balaban J connectivity index is 1.91. The van der Waals surface area contributed by atoms with Gasteiger partial charge >= 0.3 is 5.97 Å². The van der Waals surface area contributed by atoms with Gasteiger partial charge in [0.25, 0.3) is 0 Å². The number of rotatable bonds is 6. The van der Waals surface area contributed by atoms with Crippen molar-refractivity contribution >= 4 is 5.97 Å². The highest BCUT2D eigenvalue weighted by atomic mass is 16.5. The van der Waals surface area contributed by atoms with E-state index in [2.05, 4.69) is 6.58 Å².